The highest BCUT2D eigenvalue weighted by molar-refractivity contribution is 5.86. The predicted molar refractivity (Wildman–Crippen MR) is 133 cm³/mol. The molecule has 0 aromatic heterocycles. The Morgan fingerprint density at radius 1 is 0.912 bits per heavy atom. The lowest BCUT2D eigenvalue weighted by atomic mass is 10.1. The Kier molecular flexibility index (Phi) is 6.21. The summed E-state index contributed by atoms with van der Waals surface area (Å²) in [5.41, 5.74) is 5.43. The van der Waals surface area contributed by atoms with Crippen molar-refractivity contribution in [2.45, 2.75) is 38.3 Å². The van der Waals surface area contributed by atoms with E-state index < -0.39 is 12.2 Å². The van der Waals surface area contributed by atoms with Gasteiger partial charge in [-0.15, -0.1) is 0 Å². The molecule has 1 fully saturated rings. The third-order valence-electron chi connectivity index (χ3n) is 6.68. The number of hydrogen-bond donors (Lipinski definition) is 1. The Morgan fingerprint density at radius 3 is 2.18 bits per heavy atom. The summed E-state index contributed by atoms with van der Waals surface area (Å²) in [6.07, 6.45) is 1.01. The van der Waals surface area contributed by atoms with Crippen LogP contribution in [0.2, 0.25) is 0 Å². The van der Waals surface area contributed by atoms with E-state index in [-0.39, 0.29) is 18.4 Å². The molecule has 0 bridgehead atoms. The number of ether oxygens (including phenoxy) is 1. The maximum Gasteiger partial charge on any atom is 0.411 e. The van der Waals surface area contributed by atoms with Crippen LogP contribution in [0, 0.1) is 0 Å². The van der Waals surface area contributed by atoms with Crippen molar-refractivity contribution in [3.63, 3.8) is 0 Å². The summed E-state index contributed by atoms with van der Waals surface area (Å²) in [7, 11) is 0. The number of hydrogen-bond acceptors (Lipinski definition) is 4. The van der Waals surface area contributed by atoms with E-state index >= 15 is 0 Å². The fourth-order valence-corrected chi connectivity index (χ4v) is 5.03. The van der Waals surface area contributed by atoms with Gasteiger partial charge in [-0.25, -0.2) is 4.79 Å². The fourth-order valence-electron chi connectivity index (χ4n) is 5.03. The molecule has 0 saturated carbocycles. The average Bonchev–Trinajstić information content (AvgIpc) is 3.44. The summed E-state index contributed by atoms with van der Waals surface area (Å²) in [5.74, 6) is 0.0560. The van der Waals surface area contributed by atoms with E-state index in [1.807, 2.05) is 59.5 Å². The molecule has 2 aliphatic rings. The number of carbonyl (C=O) groups is 2. The van der Waals surface area contributed by atoms with Crippen molar-refractivity contribution in [1.29, 1.82) is 0 Å². The minimum Gasteiger partial charge on any atom is -0.444 e. The summed E-state index contributed by atoms with van der Waals surface area (Å²) in [4.78, 5) is 29.2. The molecule has 0 spiro atoms. The summed E-state index contributed by atoms with van der Waals surface area (Å²) in [6, 6.07) is 26.4. The minimum absolute atomic E-state index is 0.0560. The lowest BCUT2D eigenvalue weighted by molar-refractivity contribution is -0.129. The molecule has 0 radical (unpaired) electrons. The molecule has 1 atom stereocenters. The quantitative estimate of drug-likeness (QED) is 0.558. The zero-order valence-corrected chi connectivity index (χ0v) is 19.3. The molecular weight excluding hydrogens is 426 g/mol. The van der Waals surface area contributed by atoms with Crippen molar-refractivity contribution >= 4 is 29.1 Å². The monoisotopic (exact) mass is 455 g/mol. The van der Waals surface area contributed by atoms with Gasteiger partial charge in [0.1, 0.15) is 6.10 Å². The highest BCUT2D eigenvalue weighted by Crippen LogP contribution is 2.29. The van der Waals surface area contributed by atoms with E-state index in [9.17, 15) is 9.59 Å². The van der Waals surface area contributed by atoms with E-state index in [0.717, 1.165) is 30.8 Å². The van der Waals surface area contributed by atoms with Crippen LogP contribution in [0.1, 0.15) is 24.5 Å². The Bertz CT molecular complexity index is 1140. The maximum atomic E-state index is 12.6. The molecule has 1 saturated heterocycles. The summed E-state index contributed by atoms with van der Waals surface area (Å²) >= 11 is 0. The van der Waals surface area contributed by atoms with Crippen molar-refractivity contribution in [2.75, 3.05) is 23.3 Å². The van der Waals surface area contributed by atoms with Crippen LogP contribution in [0.5, 0.6) is 0 Å². The minimum atomic E-state index is -0.530. The molecule has 1 heterocycles. The predicted octanol–water partition coefficient (Wildman–Crippen LogP) is 5.16. The molecule has 1 aliphatic carbocycles. The second-order valence-corrected chi connectivity index (χ2v) is 8.86. The van der Waals surface area contributed by atoms with Crippen LogP contribution in [0.25, 0.3) is 0 Å². The first kappa shape index (κ1) is 22.0. The number of amides is 2. The van der Waals surface area contributed by atoms with Gasteiger partial charge in [-0.05, 0) is 67.3 Å². The molecule has 1 unspecified atom stereocenters. The molecule has 34 heavy (non-hydrogen) atoms. The van der Waals surface area contributed by atoms with Crippen LogP contribution in [0.4, 0.5) is 21.9 Å². The van der Waals surface area contributed by atoms with Gasteiger partial charge in [0.25, 0.3) is 0 Å². The summed E-state index contributed by atoms with van der Waals surface area (Å²) in [5, 5.41) is 2.80. The number of nitrogens with one attached hydrogen (secondary N) is 1. The zero-order valence-electron chi connectivity index (χ0n) is 19.3. The normalized spacial score (nSPS) is 17.5. The van der Waals surface area contributed by atoms with E-state index in [4.69, 9.17) is 4.74 Å². The van der Waals surface area contributed by atoms with Crippen LogP contribution in [-0.4, -0.2) is 42.1 Å². The zero-order chi connectivity index (χ0) is 23.5. The number of para-hydroxylation sites is 1. The molecular formula is C28H29N3O3. The van der Waals surface area contributed by atoms with Gasteiger partial charge in [-0.3, -0.25) is 10.1 Å². The van der Waals surface area contributed by atoms with Gasteiger partial charge in [0.05, 0.1) is 13.0 Å². The number of benzene rings is 3. The van der Waals surface area contributed by atoms with Gasteiger partial charge < -0.3 is 14.5 Å². The number of carbonyl (C=O) groups excluding carboxylic acids is 2. The van der Waals surface area contributed by atoms with Crippen molar-refractivity contribution in [2.24, 2.45) is 0 Å². The standard InChI is InChI=1S/C28H29N3O3/c1-2-30(23-10-4-3-5-11-23)24-14-12-22(13-15-24)29-28(33)34-26-18-27(32)31(19-26)25-16-20-8-6-7-9-21(20)17-25/h3-15,25-26H,2,16-19H2,1H3,(H,29,33). The number of fused-ring (bicyclic) bond motifs is 1. The second kappa shape index (κ2) is 9.59. The second-order valence-electron chi connectivity index (χ2n) is 8.86. The van der Waals surface area contributed by atoms with Crippen molar-refractivity contribution in [3.05, 3.63) is 90.0 Å². The van der Waals surface area contributed by atoms with Gasteiger partial charge in [-0.2, -0.15) is 0 Å². The molecule has 6 nitrogen and oxygen atoms in total. The Balaban J connectivity index is 1.15. The van der Waals surface area contributed by atoms with E-state index in [1.165, 1.54) is 11.1 Å². The average molecular weight is 456 g/mol. The molecule has 5 rings (SSSR count). The molecule has 6 heteroatoms. The van der Waals surface area contributed by atoms with E-state index in [0.29, 0.717) is 12.2 Å². The van der Waals surface area contributed by atoms with Crippen LogP contribution in [-0.2, 0) is 22.4 Å². The molecule has 174 valence electrons. The molecule has 1 N–H and O–H groups in total. The van der Waals surface area contributed by atoms with Crippen LogP contribution in [0.3, 0.4) is 0 Å². The highest BCUT2D eigenvalue weighted by Gasteiger charge is 2.38. The smallest absolute Gasteiger partial charge is 0.411 e. The third kappa shape index (κ3) is 4.62. The SMILES string of the molecule is CCN(c1ccccc1)c1ccc(NC(=O)OC2CC(=O)N(C3Cc4ccccc4C3)C2)cc1. The summed E-state index contributed by atoms with van der Waals surface area (Å²) < 4.78 is 5.60. The maximum absolute atomic E-state index is 12.6. The van der Waals surface area contributed by atoms with Crippen molar-refractivity contribution < 1.29 is 14.3 Å². The van der Waals surface area contributed by atoms with Gasteiger partial charge in [0.15, 0.2) is 0 Å². The fraction of sp³-hybridized carbons (Fsp3) is 0.286. The summed E-state index contributed by atoms with van der Waals surface area (Å²) in [6.45, 7) is 3.39. The van der Waals surface area contributed by atoms with E-state index in [2.05, 4.69) is 41.4 Å². The lowest BCUT2D eigenvalue weighted by Gasteiger charge is -2.24. The molecule has 3 aromatic rings. The van der Waals surface area contributed by atoms with Crippen LogP contribution >= 0.6 is 0 Å². The first-order chi connectivity index (χ1) is 16.6. The topological polar surface area (TPSA) is 61.9 Å². The molecule has 2 amide bonds. The van der Waals surface area contributed by atoms with Crippen molar-refractivity contribution in [3.8, 4) is 0 Å². The highest BCUT2D eigenvalue weighted by atomic mass is 16.6. The first-order valence-corrected chi connectivity index (χ1v) is 11.9. The molecule has 3 aromatic carbocycles. The number of rotatable bonds is 6. The lowest BCUT2D eigenvalue weighted by Crippen LogP contribution is -2.38. The largest absolute Gasteiger partial charge is 0.444 e. The number of anilines is 3. The van der Waals surface area contributed by atoms with Gasteiger partial charge >= 0.3 is 6.09 Å². The van der Waals surface area contributed by atoms with Gasteiger partial charge in [0.2, 0.25) is 5.91 Å². The van der Waals surface area contributed by atoms with Gasteiger partial charge in [-0.1, -0.05) is 42.5 Å². The number of nitrogens with zero attached hydrogens (tertiary/aromatic N) is 2. The first-order valence-electron chi connectivity index (χ1n) is 11.9. The Labute approximate surface area is 200 Å². The third-order valence-corrected chi connectivity index (χ3v) is 6.68. The van der Waals surface area contributed by atoms with Gasteiger partial charge in [0, 0.05) is 29.6 Å². The molecule has 1 aliphatic heterocycles. The number of likely N-dealkylation sites (tertiary alicyclic amines) is 1. The van der Waals surface area contributed by atoms with Crippen molar-refractivity contribution in [1.82, 2.24) is 4.90 Å². The Morgan fingerprint density at radius 2 is 1.53 bits per heavy atom. The van der Waals surface area contributed by atoms with Crippen LogP contribution < -0.4 is 10.2 Å². The van der Waals surface area contributed by atoms with E-state index in [1.54, 1.807) is 0 Å². The Hall–Kier alpha value is -3.80. The van der Waals surface area contributed by atoms with Crippen LogP contribution in [0.15, 0.2) is 78.9 Å².